The van der Waals surface area contributed by atoms with Crippen molar-refractivity contribution in [3.63, 3.8) is 0 Å². The normalized spacial score (nSPS) is 10.2. The van der Waals surface area contributed by atoms with E-state index in [-0.39, 0.29) is 11.8 Å². The smallest absolute Gasteiger partial charge is 0.252 e. The van der Waals surface area contributed by atoms with Gasteiger partial charge < -0.3 is 16.0 Å². The van der Waals surface area contributed by atoms with Crippen LogP contribution in [0.25, 0.3) is 0 Å². The largest absolute Gasteiger partial charge is 0.354 e. The van der Waals surface area contributed by atoms with Crippen LogP contribution < -0.4 is 16.0 Å². The Kier molecular flexibility index (Phi) is 6.95. The van der Waals surface area contributed by atoms with E-state index >= 15 is 0 Å². The Morgan fingerprint density at radius 2 is 1.62 bits per heavy atom. The van der Waals surface area contributed by atoms with Gasteiger partial charge in [-0.25, -0.2) is 0 Å². The lowest BCUT2D eigenvalue weighted by Crippen LogP contribution is -2.25. The highest BCUT2D eigenvalue weighted by molar-refractivity contribution is 5.94. The number of aryl methyl sites for hydroxylation is 1. The molecule has 6 nitrogen and oxygen atoms in total. The van der Waals surface area contributed by atoms with E-state index in [2.05, 4.69) is 33.1 Å². The first-order valence-electron chi connectivity index (χ1n) is 9.52. The Morgan fingerprint density at radius 3 is 2.34 bits per heavy atom. The van der Waals surface area contributed by atoms with E-state index in [0.717, 1.165) is 24.2 Å². The molecule has 0 aliphatic heterocycles. The van der Waals surface area contributed by atoms with E-state index < -0.39 is 0 Å². The number of aromatic nitrogens is 1. The highest BCUT2D eigenvalue weighted by atomic mass is 16.2. The molecule has 3 N–H and O–H groups in total. The van der Waals surface area contributed by atoms with Crippen molar-refractivity contribution in [3.8, 4) is 0 Å². The van der Waals surface area contributed by atoms with Gasteiger partial charge in [-0.05, 0) is 48.7 Å². The first-order chi connectivity index (χ1) is 14.1. The van der Waals surface area contributed by atoms with Crippen LogP contribution in [0.3, 0.4) is 0 Å². The number of hydrogen-bond acceptors (Lipinski definition) is 4. The summed E-state index contributed by atoms with van der Waals surface area (Å²) in [6, 6.07) is 19.3. The first kappa shape index (κ1) is 20.1. The number of nitrogens with one attached hydrogen (secondary N) is 3. The van der Waals surface area contributed by atoms with Crippen molar-refractivity contribution >= 4 is 28.9 Å². The van der Waals surface area contributed by atoms with Crippen molar-refractivity contribution in [2.24, 2.45) is 0 Å². The van der Waals surface area contributed by atoms with Gasteiger partial charge in [-0.15, -0.1) is 0 Å². The Labute approximate surface area is 170 Å². The fourth-order valence-corrected chi connectivity index (χ4v) is 2.88. The van der Waals surface area contributed by atoms with Crippen LogP contribution in [-0.2, 0) is 11.2 Å². The Bertz CT molecular complexity index is 956. The maximum absolute atomic E-state index is 12.4. The summed E-state index contributed by atoms with van der Waals surface area (Å²) in [5.74, 6) is -0.257. The molecule has 3 aromatic rings. The third-order valence-electron chi connectivity index (χ3n) is 4.26. The summed E-state index contributed by atoms with van der Waals surface area (Å²) in [4.78, 5) is 27.6. The van der Waals surface area contributed by atoms with E-state index in [1.54, 1.807) is 30.6 Å². The van der Waals surface area contributed by atoms with Crippen molar-refractivity contribution in [2.45, 2.75) is 19.8 Å². The maximum atomic E-state index is 12.4. The zero-order valence-corrected chi connectivity index (χ0v) is 16.3. The van der Waals surface area contributed by atoms with Gasteiger partial charge in [0.25, 0.3) is 5.91 Å². The number of nitrogens with zero attached hydrogens (tertiary/aromatic N) is 1. The molecular formula is C23H24N4O2. The molecule has 0 unspecified atom stereocenters. The van der Waals surface area contributed by atoms with Gasteiger partial charge >= 0.3 is 0 Å². The van der Waals surface area contributed by atoms with Crippen LogP contribution in [0, 0.1) is 0 Å². The van der Waals surface area contributed by atoms with Gasteiger partial charge in [0.05, 0.1) is 17.4 Å². The van der Waals surface area contributed by atoms with Crippen LogP contribution in [0.1, 0.15) is 29.3 Å². The van der Waals surface area contributed by atoms with Crippen LogP contribution in [-0.4, -0.2) is 23.3 Å². The van der Waals surface area contributed by atoms with Crippen molar-refractivity contribution in [1.82, 2.24) is 10.3 Å². The monoisotopic (exact) mass is 388 g/mol. The second-order valence-electron chi connectivity index (χ2n) is 6.69. The predicted octanol–water partition coefficient (Wildman–Crippen LogP) is 4.15. The number of anilines is 3. The fraction of sp³-hybridized carbons (Fsp3) is 0.174. The molecule has 0 bridgehead atoms. The van der Waals surface area contributed by atoms with E-state index in [1.807, 2.05) is 30.3 Å². The van der Waals surface area contributed by atoms with E-state index in [4.69, 9.17) is 0 Å². The lowest BCUT2D eigenvalue weighted by atomic mass is 10.1. The van der Waals surface area contributed by atoms with Gasteiger partial charge in [0.1, 0.15) is 0 Å². The molecule has 0 fully saturated rings. The number of pyridine rings is 1. The first-order valence-corrected chi connectivity index (χ1v) is 9.52. The molecule has 3 rings (SSSR count). The molecule has 0 saturated heterocycles. The average Bonchev–Trinajstić information content (AvgIpc) is 2.73. The summed E-state index contributed by atoms with van der Waals surface area (Å²) in [5.41, 5.74) is 4.05. The molecule has 0 saturated carbocycles. The third kappa shape index (κ3) is 6.46. The van der Waals surface area contributed by atoms with Gasteiger partial charge in [-0.2, -0.15) is 0 Å². The lowest BCUT2D eigenvalue weighted by molar-refractivity contribution is -0.114. The van der Waals surface area contributed by atoms with Crippen LogP contribution in [0.4, 0.5) is 17.1 Å². The molecule has 0 aliphatic carbocycles. The van der Waals surface area contributed by atoms with Crippen LogP contribution >= 0.6 is 0 Å². The quantitative estimate of drug-likeness (QED) is 0.506. The van der Waals surface area contributed by atoms with Crippen molar-refractivity contribution < 1.29 is 9.59 Å². The molecule has 0 radical (unpaired) electrons. The number of carbonyl (C=O) groups is 2. The minimum atomic E-state index is -0.143. The molecule has 1 heterocycles. The maximum Gasteiger partial charge on any atom is 0.252 e. The summed E-state index contributed by atoms with van der Waals surface area (Å²) in [5, 5.41) is 8.87. The second kappa shape index (κ2) is 10.0. The highest BCUT2D eigenvalue weighted by Crippen LogP contribution is 2.19. The van der Waals surface area contributed by atoms with Gasteiger partial charge in [0.2, 0.25) is 5.91 Å². The van der Waals surface area contributed by atoms with E-state index in [1.165, 1.54) is 12.5 Å². The Hall–Kier alpha value is -3.67. The number of amides is 2. The average molecular weight is 388 g/mol. The summed E-state index contributed by atoms with van der Waals surface area (Å²) in [6.45, 7) is 2.08. The third-order valence-corrected chi connectivity index (χ3v) is 4.26. The highest BCUT2D eigenvalue weighted by Gasteiger charge is 2.07. The van der Waals surface area contributed by atoms with E-state index in [0.29, 0.717) is 17.8 Å². The zero-order valence-electron chi connectivity index (χ0n) is 16.3. The summed E-state index contributed by atoms with van der Waals surface area (Å²) in [7, 11) is 0. The molecule has 6 heteroatoms. The standard InChI is InChI=1S/C23H24N4O2/c1-17(28)26-20-9-11-21(12-10-20)27-22-14-19(15-24-16-22)23(29)25-13-5-8-18-6-3-2-4-7-18/h2-4,6-7,9-12,14-16,27H,5,8,13H2,1H3,(H,25,29)(H,26,28). The molecule has 1 aromatic heterocycles. The molecular weight excluding hydrogens is 364 g/mol. The summed E-state index contributed by atoms with van der Waals surface area (Å²) in [6.07, 6.45) is 5.02. The Balaban J connectivity index is 1.51. The number of hydrogen-bond donors (Lipinski definition) is 3. The molecule has 29 heavy (non-hydrogen) atoms. The number of benzene rings is 2. The molecule has 2 aromatic carbocycles. The molecule has 0 spiro atoms. The predicted molar refractivity (Wildman–Crippen MR) is 115 cm³/mol. The van der Waals surface area contributed by atoms with Crippen LogP contribution in [0.2, 0.25) is 0 Å². The minimum Gasteiger partial charge on any atom is -0.354 e. The van der Waals surface area contributed by atoms with E-state index in [9.17, 15) is 9.59 Å². The number of rotatable bonds is 8. The van der Waals surface area contributed by atoms with Crippen LogP contribution in [0.15, 0.2) is 73.1 Å². The molecule has 0 aliphatic rings. The summed E-state index contributed by atoms with van der Waals surface area (Å²) >= 11 is 0. The SMILES string of the molecule is CC(=O)Nc1ccc(Nc2cncc(C(=O)NCCCc3ccccc3)c2)cc1. The Morgan fingerprint density at radius 1 is 0.897 bits per heavy atom. The van der Waals surface area contributed by atoms with Crippen molar-refractivity contribution in [3.05, 3.63) is 84.2 Å². The fourth-order valence-electron chi connectivity index (χ4n) is 2.88. The zero-order chi connectivity index (χ0) is 20.5. The van der Waals surface area contributed by atoms with Crippen molar-refractivity contribution in [2.75, 3.05) is 17.2 Å². The van der Waals surface area contributed by atoms with Gasteiger partial charge in [-0.3, -0.25) is 14.6 Å². The molecule has 0 atom stereocenters. The molecule has 148 valence electrons. The number of carbonyl (C=O) groups excluding carboxylic acids is 2. The lowest BCUT2D eigenvalue weighted by Gasteiger charge is -2.10. The summed E-state index contributed by atoms with van der Waals surface area (Å²) < 4.78 is 0. The molecule has 2 amide bonds. The van der Waals surface area contributed by atoms with Crippen LogP contribution in [0.5, 0.6) is 0 Å². The van der Waals surface area contributed by atoms with Gasteiger partial charge in [0.15, 0.2) is 0 Å². The minimum absolute atomic E-state index is 0.114. The second-order valence-corrected chi connectivity index (χ2v) is 6.69. The topological polar surface area (TPSA) is 83.1 Å². The van der Waals surface area contributed by atoms with Gasteiger partial charge in [0, 0.05) is 31.0 Å². The van der Waals surface area contributed by atoms with Crippen molar-refractivity contribution in [1.29, 1.82) is 0 Å². The van der Waals surface area contributed by atoms with Gasteiger partial charge in [-0.1, -0.05) is 30.3 Å².